The minimum absolute atomic E-state index is 0.0745. The van der Waals surface area contributed by atoms with E-state index in [1.54, 1.807) is 20.8 Å². The van der Waals surface area contributed by atoms with Crippen molar-refractivity contribution in [3.8, 4) is 0 Å². The second kappa shape index (κ2) is 12.6. The highest BCUT2D eigenvalue weighted by Gasteiger charge is 2.81. The second-order valence-electron chi connectivity index (χ2n) is 13.8. The number of alkyl carbamates (subject to hydrolysis) is 1. The summed E-state index contributed by atoms with van der Waals surface area (Å²) in [4.78, 5) is 24.5. The zero-order valence-electron chi connectivity index (χ0n) is 26.1. The first-order chi connectivity index (χ1) is 19.6. The van der Waals surface area contributed by atoms with E-state index in [1.165, 1.54) is 0 Å². The van der Waals surface area contributed by atoms with Crippen molar-refractivity contribution in [2.45, 2.75) is 114 Å². The minimum atomic E-state index is -5.38. The number of nitrogens with one attached hydrogen (secondary N) is 2. The summed E-state index contributed by atoms with van der Waals surface area (Å²) in [5.41, 5.74) is -4.88. The van der Waals surface area contributed by atoms with Gasteiger partial charge in [0.2, 0.25) is 11.3 Å². The number of carbonyl (C=O) groups excluding carboxylic acids is 2. The van der Waals surface area contributed by atoms with Crippen LogP contribution in [0.15, 0.2) is 0 Å². The average Bonchev–Trinajstić information content (AvgIpc) is 3.28. The molecule has 2 fully saturated rings. The van der Waals surface area contributed by atoms with Gasteiger partial charge in [-0.2, -0.15) is 26.3 Å². The molecular formula is C27H43F8N2O6P. The van der Waals surface area contributed by atoms with Gasteiger partial charge in [0.05, 0.1) is 6.61 Å². The molecule has 1 saturated carbocycles. The summed E-state index contributed by atoms with van der Waals surface area (Å²) in [6, 6.07) is 0. The van der Waals surface area contributed by atoms with Gasteiger partial charge >= 0.3 is 24.0 Å². The molecule has 5 unspecified atom stereocenters. The van der Waals surface area contributed by atoms with E-state index in [-0.39, 0.29) is 37.0 Å². The molecule has 8 nitrogen and oxygen atoms in total. The molecule has 2 rings (SSSR count). The lowest BCUT2D eigenvalue weighted by atomic mass is 9.64. The Hall–Kier alpha value is -1.51. The zero-order chi connectivity index (χ0) is 34.4. The Kier molecular flexibility index (Phi) is 11.1. The fourth-order valence-corrected chi connectivity index (χ4v) is 7.27. The van der Waals surface area contributed by atoms with Gasteiger partial charge in [0.15, 0.2) is 20.2 Å². The van der Waals surface area contributed by atoms with Crippen molar-refractivity contribution in [1.29, 1.82) is 0 Å². The Morgan fingerprint density at radius 3 is 2.09 bits per heavy atom. The van der Waals surface area contributed by atoms with E-state index in [0.29, 0.717) is 32.7 Å². The molecule has 1 aliphatic heterocycles. The molecule has 0 spiro atoms. The van der Waals surface area contributed by atoms with Gasteiger partial charge in [-0.15, -0.1) is 0 Å². The Morgan fingerprint density at radius 1 is 1.02 bits per heavy atom. The predicted octanol–water partition coefficient (Wildman–Crippen LogP) is 6.50. The zero-order valence-corrected chi connectivity index (χ0v) is 27.0. The van der Waals surface area contributed by atoms with E-state index >= 15 is 0 Å². The molecule has 0 aromatic carbocycles. The third-order valence-corrected chi connectivity index (χ3v) is 10.2. The first-order valence-corrected chi connectivity index (χ1v) is 15.3. The molecule has 0 bridgehead atoms. The van der Waals surface area contributed by atoms with Crippen molar-refractivity contribution in [2.75, 3.05) is 26.4 Å². The van der Waals surface area contributed by atoms with E-state index in [2.05, 4.69) is 24.8 Å². The molecule has 2 amide bonds. The highest BCUT2D eigenvalue weighted by Crippen LogP contribution is 2.85. The summed E-state index contributed by atoms with van der Waals surface area (Å²) in [5.74, 6) is -11.1. The topological polar surface area (TPSA) is 106 Å². The van der Waals surface area contributed by atoms with Crippen LogP contribution >= 0.6 is 8.23 Å². The normalized spacial score (nSPS) is 31.0. The van der Waals surface area contributed by atoms with Crippen molar-refractivity contribution in [3.05, 3.63) is 0 Å². The number of rotatable bonds is 14. The van der Waals surface area contributed by atoms with Gasteiger partial charge < -0.3 is 30.0 Å². The standard InChI is InChI=1S/C27H43F8N2O6P/c1-16(2)18(39)36-11-17-9-20(3,4)12-22(7,10-17)37-19(40)41-15-26(31,32)43-21(5,6)27(33,34)24(28,29)14-42-23(8)25(30,13-38)44(23)35/h16-17,38H,9-15H2,1-8H3,(H,36,39)(H,37,40). The summed E-state index contributed by atoms with van der Waals surface area (Å²) >= 11 is 0. The molecule has 258 valence electrons. The van der Waals surface area contributed by atoms with Crippen molar-refractivity contribution in [2.24, 2.45) is 17.3 Å². The van der Waals surface area contributed by atoms with E-state index in [0.717, 1.165) is 0 Å². The van der Waals surface area contributed by atoms with Crippen LogP contribution in [0.4, 0.5) is 39.7 Å². The number of ether oxygens (including phenoxy) is 3. The third kappa shape index (κ3) is 8.25. The number of carbonyl (C=O) groups is 2. The maximum absolute atomic E-state index is 14.8. The maximum Gasteiger partial charge on any atom is 0.407 e. The van der Waals surface area contributed by atoms with Gasteiger partial charge in [-0.05, 0) is 58.3 Å². The van der Waals surface area contributed by atoms with E-state index in [4.69, 9.17) is 5.11 Å². The lowest BCUT2D eigenvalue weighted by Gasteiger charge is -2.47. The number of amides is 2. The summed E-state index contributed by atoms with van der Waals surface area (Å²) in [5, 5.41) is 8.66. The van der Waals surface area contributed by atoms with Gasteiger partial charge in [-0.1, -0.05) is 27.7 Å². The van der Waals surface area contributed by atoms with Crippen molar-refractivity contribution in [1.82, 2.24) is 10.6 Å². The number of hydrogen-bond donors (Lipinski definition) is 3. The van der Waals surface area contributed by atoms with Crippen LogP contribution in [-0.4, -0.2) is 83.3 Å². The first-order valence-electron chi connectivity index (χ1n) is 14.1. The molecule has 1 heterocycles. The number of aliphatic hydroxyl groups is 1. The Bertz CT molecular complexity index is 1070. The number of aliphatic hydroxyl groups excluding tert-OH is 1. The van der Waals surface area contributed by atoms with Crippen molar-refractivity contribution >= 4 is 20.2 Å². The van der Waals surface area contributed by atoms with Crippen LogP contribution in [-0.2, 0) is 19.0 Å². The number of alkyl halides is 7. The summed E-state index contributed by atoms with van der Waals surface area (Å²) in [7, 11) is -3.28. The van der Waals surface area contributed by atoms with Crippen LogP contribution in [0.1, 0.15) is 74.7 Å². The minimum Gasteiger partial charge on any atom is -0.440 e. The van der Waals surface area contributed by atoms with Crippen LogP contribution in [0.2, 0.25) is 0 Å². The lowest BCUT2D eigenvalue weighted by molar-refractivity contribution is -0.376. The fraction of sp³-hybridized carbons (Fsp3) is 0.926. The molecule has 0 aromatic heterocycles. The molecule has 1 aliphatic carbocycles. The highest BCUT2D eigenvalue weighted by molar-refractivity contribution is 7.64. The summed E-state index contributed by atoms with van der Waals surface area (Å²) in [6.07, 6.45) is -4.53. The monoisotopic (exact) mass is 674 g/mol. The van der Waals surface area contributed by atoms with Gasteiger partial charge in [0, 0.05) is 18.0 Å². The Morgan fingerprint density at radius 2 is 1.59 bits per heavy atom. The van der Waals surface area contributed by atoms with E-state index in [9.17, 15) is 44.5 Å². The molecule has 0 radical (unpaired) electrons. The molecule has 1 saturated heterocycles. The van der Waals surface area contributed by atoms with Gasteiger partial charge in [-0.3, -0.25) is 4.79 Å². The van der Waals surface area contributed by atoms with Gasteiger partial charge in [-0.25, -0.2) is 13.4 Å². The molecule has 17 heteroatoms. The predicted molar refractivity (Wildman–Crippen MR) is 145 cm³/mol. The Labute approximate surface area is 253 Å². The van der Waals surface area contributed by atoms with E-state index < -0.39 is 74.0 Å². The van der Waals surface area contributed by atoms with Gasteiger partial charge in [0.1, 0.15) is 12.2 Å². The van der Waals surface area contributed by atoms with Crippen molar-refractivity contribution in [3.63, 3.8) is 0 Å². The second-order valence-corrected chi connectivity index (χ2v) is 15.9. The lowest BCUT2D eigenvalue weighted by Crippen LogP contribution is -2.61. The molecular weight excluding hydrogens is 631 g/mol. The quantitative estimate of drug-likeness (QED) is 0.144. The highest BCUT2D eigenvalue weighted by atomic mass is 31.2. The third-order valence-electron chi connectivity index (χ3n) is 8.02. The first kappa shape index (κ1) is 38.7. The largest absolute Gasteiger partial charge is 0.440 e. The molecule has 44 heavy (non-hydrogen) atoms. The molecule has 2 aliphatic rings. The summed E-state index contributed by atoms with van der Waals surface area (Å²) < 4.78 is 129. The SMILES string of the molecule is CC(C)C(=O)NCC1CC(C)(C)CC(C)(NC(=O)OCC(F)(F)OC(C)(C)C(F)(F)C(F)(F)COC2(C)P(F)C2(F)CO)C1. The Balaban J connectivity index is 2.01. The average molecular weight is 675 g/mol. The maximum atomic E-state index is 14.8. The van der Waals surface area contributed by atoms with Crippen LogP contribution in [0.5, 0.6) is 0 Å². The van der Waals surface area contributed by atoms with Crippen LogP contribution < -0.4 is 10.6 Å². The summed E-state index contributed by atoms with van der Waals surface area (Å²) in [6.45, 7) is 4.88. The number of halogens is 8. The van der Waals surface area contributed by atoms with Crippen LogP contribution in [0.25, 0.3) is 0 Å². The van der Waals surface area contributed by atoms with E-state index in [1.807, 2.05) is 13.8 Å². The molecule has 0 aromatic rings. The van der Waals surface area contributed by atoms with Crippen LogP contribution in [0.3, 0.4) is 0 Å². The van der Waals surface area contributed by atoms with Gasteiger partial charge in [0.25, 0.3) is 0 Å². The fourth-order valence-electron chi connectivity index (χ4n) is 5.85. The smallest absolute Gasteiger partial charge is 0.407 e. The van der Waals surface area contributed by atoms with Crippen molar-refractivity contribution < 1.29 is 63.8 Å². The number of hydrogen-bond acceptors (Lipinski definition) is 6. The molecule has 3 N–H and O–H groups in total. The molecule has 5 atom stereocenters. The van der Waals surface area contributed by atoms with Crippen LogP contribution in [0, 0.1) is 17.3 Å².